The highest BCUT2D eigenvalue weighted by Crippen LogP contribution is 2.49. The third-order valence-corrected chi connectivity index (χ3v) is 7.91. The first-order chi connectivity index (χ1) is 18.8. The van der Waals surface area contributed by atoms with Gasteiger partial charge in [0.15, 0.2) is 0 Å². The monoisotopic (exact) mass is 529 g/mol. The van der Waals surface area contributed by atoms with Gasteiger partial charge in [0.05, 0.1) is 12.2 Å². The Balaban J connectivity index is 1.07. The van der Waals surface area contributed by atoms with Crippen molar-refractivity contribution in [2.24, 2.45) is 10.8 Å². The molecule has 3 aromatic rings. The van der Waals surface area contributed by atoms with E-state index < -0.39 is 5.97 Å². The van der Waals surface area contributed by atoms with Gasteiger partial charge in [-0.3, -0.25) is 4.79 Å². The molecule has 2 saturated heterocycles. The number of carbonyl (C=O) groups is 2. The van der Waals surface area contributed by atoms with Crippen molar-refractivity contribution in [3.63, 3.8) is 0 Å². The van der Waals surface area contributed by atoms with E-state index in [-0.39, 0.29) is 36.4 Å². The van der Waals surface area contributed by atoms with Crippen LogP contribution in [0.4, 0.5) is 17.5 Å². The molecule has 2 aliphatic heterocycles. The number of aromatic nitrogens is 2. The van der Waals surface area contributed by atoms with Gasteiger partial charge in [-0.15, -0.1) is 0 Å². The molecule has 2 fully saturated rings. The number of anilines is 3. The van der Waals surface area contributed by atoms with Gasteiger partial charge < -0.3 is 25.0 Å². The average molecular weight is 530 g/mol. The summed E-state index contributed by atoms with van der Waals surface area (Å²) < 4.78 is 10.6. The number of nitrogens with one attached hydrogen (secondary N) is 2. The molecule has 39 heavy (non-hydrogen) atoms. The summed E-state index contributed by atoms with van der Waals surface area (Å²) >= 11 is 0. The number of nitrogens with zero attached hydrogens (tertiary/aromatic N) is 3. The van der Waals surface area contributed by atoms with Crippen LogP contribution in [0.15, 0.2) is 66.9 Å². The lowest BCUT2D eigenvalue weighted by atomic mass is 9.71. The van der Waals surface area contributed by atoms with Crippen molar-refractivity contribution in [2.45, 2.75) is 33.3 Å². The van der Waals surface area contributed by atoms with Crippen LogP contribution < -0.4 is 15.5 Å². The van der Waals surface area contributed by atoms with E-state index in [1.54, 1.807) is 30.5 Å². The summed E-state index contributed by atoms with van der Waals surface area (Å²) in [6, 6.07) is 18.4. The molecule has 0 radical (unpaired) electrons. The minimum Gasteiger partial charge on any atom is -0.462 e. The number of carbonyl (C=O) groups excluding carboxylic acids is 2. The van der Waals surface area contributed by atoms with E-state index >= 15 is 0 Å². The van der Waals surface area contributed by atoms with Gasteiger partial charge >= 0.3 is 11.9 Å². The van der Waals surface area contributed by atoms with Crippen molar-refractivity contribution < 1.29 is 19.1 Å². The number of rotatable bonds is 10. The van der Waals surface area contributed by atoms with Gasteiger partial charge in [0.25, 0.3) is 0 Å². The smallest absolute Gasteiger partial charge is 0.338 e. The molecular formula is C30H35N5O4. The Hall–Kier alpha value is -3.98. The maximum Gasteiger partial charge on any atom is 0.338 e. The molecule has 1 aromatic heterocycles. The van der Waals surface area contributed by atoms with Crippen molar-refractivity contribution in [3.8, 4) is 0 Å². The average Bonchev–Trinajstić information content (AvgIpc) is 3.37. The molecule has 2 atom stereocenters. The second-order valence-corrected chi connectivity index (χ2v) is 10.9. The highest BCUT2D eigenvalue weighted by Gasteiger charge is 2.55. The number of esters is 2. The minimum absolute atomic E-state index is 0.143. The highest BCUT2D eigenvalue weighted by molar-refractivity contribution is 5.89. The van der Waals surface area contributed by atoms with E-state index in [1.807, 2.05) is 36.4 Å². The molecule has 5 rings (SSSR count). The molecule has 0 unspecified atom stereocenters. The zero-order valence-electron chi connectivity index (χ0n) is 22.5. The van der Waals surface area contributed by atoms with E-state index in [9.17, 15) is 9.59 Å². The van der Waals surface area contributed by atoms with Gasteiger partial charge in [-0.1, -0.05) is 44.2 Å². The molecule has 2 aliphatic rings. The van der Waals surface area contributed by atoms with Crippen LogP contribution in [0, 0.1) is 10.8 Å². The highest BCUT2D eigenvalue weighted by atomic mass is 16.5. The fourth-order valence-electron chi connectivity index (χ4n) is 5.27. The Morgan fingerprint density at radius 3 is 2.41 bits per heavy atom. The van der Waals surface area contributed by atoms with Crippen molar-refractivity contribution in [1.29, 1.82) is 0 Å². The second kappa shape index (κ2) is 11.4. The van der Waals surface area contributed by atoms with Crippen LogP contribution in [-0.2, 0) is 20.9 Å². The van der Waals surface area contributed by atoms with Gasteiger partial charge in [0.2, 0.25) is 5.95 Å². The van der Waals surface area contributed by atoms with Crippen LogP contribution in [-0.4, -0.2) is 54.7 Å². The summed E-state index contributed by atoms with van der Waals surface area (Å²) in [5.74, 6) is 0.666. The molecular weight excluding hydrogens is 494 g/mol. The molecule has 9 nitrogen and oxygen atoms in total. The molecule has 0 aliphatic carbocycles. The number of benzene rings is 2. The Labute approximate surface area is 228 Å². The summed E-state index contributed by atoms with van der Waals surface area (Å²) in [6.45, 7) is 9.03. The third kappa shape index (κ3) is 6.20. The van der Waals surface area contributed by atoms with Crippen LogP contribution >= 0.6 is 0 Å². The number of ether oxygens (including phenoxy) is 2. The zero-order valence-corrected chi connectivity index (χ0v) is 22.5. The predicted octanol–water partition coefficient (Wildman–Crippen LogP) is 4.34. The summed E-state index contributed by atoms with van der Waals surface area (Å²) in [7, 11) is 0. The third-order valence-electron chi connectivity index (χ3n) is 7.91. The normalized spacial score (nSPS) is 21.8. The molecule has 0 spiro atoms. The molecule has 2 N–H and O–H groups in total. The van der Waals surface area contributed by atoms with Gasteiger partial charge in [0, 0.05) is 55.3 Å². The largest absolute Gasteiger partial charge is 0.462 e. The second-order valence-electron chi connectivity index (χ2n) is 10.9. The van der Waals surface area contributed by atoms with E-state index in [0.29, 0.717) is 17.9 Å². The summed E-state index contributed by atoms with van der Waals surface area (Å²) in [6.07, 6.45) is 2.36. The molecule has 0 saturated carbocycles. The van der Waals surface area contributed by atoms with Crippen molar-refractivity contribution >= 4 is 29.4 Å². The predicted molar refractivity (Wildman–Crippen MR) is 149 cm³/mol. The van der Waals surface area contributed by atoms with Gasteiger partial charge in [-0.2, -0.15) is 4.98 Å². The maximum absolute atomic E-state index is 12.4. The molecule has 9 heteroatoms. The number of hydrogen-bond donors (Lipinski definition) is 2. The van der Waals surface area contributed by atoms with Gasteiger partial charge in [-0.05, 0) is 42.3 Å². The Morgan fingerprint density at radius 2 is 1.69 bits per heavy atom. The first-order valence-electron chi connectivity index (χ1n) is 13.4. The Bertz CT molecular complexity index is 1280. The van der Waals surface area contributed by atoms with E-state index in [4.69, 9.17) is 14.5 Å². The fraction of sp³-hybridized carbons (Fsp3) is 0.400. The molecule has 0 bridgehead atoms. The van der Waals surface area contributed by atoms with Crippen LogP contribution in [0.2, 0.25) is 0 Å². The number of fused-ring (bicyclic) bond motifs is 1. The fourth-order valence-corrected chi connectivity index (χ4v) is 5.27. The van der Waals surface area contributed by atoms with Crippen molar-refractivity contribution in [3.05, 3.63) is 78.0 Å². The van der Waals surface area contributed by atoms with Crippen molar-refractivity contribution in [2.75, 3.05) is 43.0 Å². The number of hydrogen-bond acceptors (Lipinski definition) is 9. The molecule has 2 aromatic carbocycles. The quantitative estimate of drug-likeness (QED) is 0.293. The van der Waals surface area contributed by atoms with Crippen LogP contribution in [0.3, 0.4) is 0 Å². The van der Waals surface area contributed by atoms with Crippen molar-refractivity contribution in [1.82, 2.24) is 15.3 Å². The zero-order chi connectivity index (χ0) is 27.3. The Morgan fingerprint density at radius 1 is 0.974 bits per heavy atom. The summed E-state index contributed by atoms with van der Waals surface area (Å²) in [5.41, 5.74) is 2.58. The SMILES string of the molecule is C[C@@]12CNC[C@]1(C)CN(c1ccnc(Nc3ccc(C(=O)OCCCC(=O)OCc4ccccc4)cc3)n1)C2. The topological polar surface area (TPSA) is 106 Å². The van der Waals surface area contributed by atoms with Crippen LogP contribution in [0.5, 0.6) is 0 Å². The van der Waals surface area contributed by atoms with Crippen LogP contribution in [0.25, 0.3) is 0 Å². The van der Waals surface area contributed by atoms with E-state index in [1.165, 1.54) is 0 Å². The van der Waals surface area contributed by atoms with E-state index in [2.05, 4.69) is 34.4 Å². The molecule has 0 amide bonds. The lowest BCUT2D eigenvalue weighted by Crippen LogP contribution is -2.34. The summed E-state index contributed by atoms with van der Waals surface area (Å²) in [4.78, 5) is 35.8. The lowest BCUT2D eigenvalue weighted by Gasteiger charge is -2.30. The first-order valence-corrected chi connectivity index (χ1v) is 13.4. The minimum atomic E-state index is -0.437. The molecule has 204 valence electrons. The molecule has 3 heterocycles. The first kappa shape index (κ1) is 26.6. The standard InChI is InChI=1S/C30H35N5O4/c1-29-18-31-19-30(29,2)21-35(20-29)25-14-15-32-28(34-25)33-24-12-10-23(11-13-24)27(37)38-16-6-9-26(36)39-17-22-7-4-3-5-8-22/h3-5,7-8,10-15,31H,6,9,16-21H2,1-2H3,(H,32,33,34)/t29-,30+. The lowest BCUT2D eigenvalue weighted by molar-refractivity contribution is -0.145. The Kier molecular flexibility index (Phi) is 7.79. The summed E-state index contributed by atoms with van der Waals surface area (Å²) in [5, 5.41) is 6.77. The maximum atomic E-state index is 12.4. The van der Waals surface area contributed by atoms with E-state index in [0.717, 1.165) is 43.2 Å². The van der Waals surface area contributed by atoms with Crippen LogP contribution in [0.1, 0.15) is 42.6 Å². The van der Waals surface area contributed by atoms with Gasteiger partial charge in [-0.25, -0.2) is 9.78 Å². The van der Waals surface area contributed by atoms with Gasteiger partial charge in [0.1, 0.15) is 12.4 Å².